The number of phenols is 1. The van der Waals surface area contributed by atoms with E-state index in [4.69, 9.17) is 5.11 Å². The first kappa shape index (κ1) is 12.7. The van der Waals surface area contributed by atoms with E-state index in [1.54, 1.807) is 6.07 Å². The number of fused-ring (bicyclic) bond motifs is 1. The maximum atomic E-state index is 10.9. The molecular formula is C15H16N2O3. The summed E-state index contributed by atoms with van der Waals surface area (Å²) in [6, 6.07) is 5.11. The first-order valence-corrected chi connectivity index (χ1v) is 6.79. The number of aromatic nitrogens is 2. The van der Waals surface area contributed by atoms with E-state index in [-0.39, 0.29) is 11.4 Å². The van der Waals surface area contributed by atoms with E-state index in [1.165, 1.54) is 18.1 Å². The lowest BCUT2D eigenvalue weighted by atomic mass is 9.94. The largest absolute Gasteiger partial charge is 0.507 e. The van der Waals surface area contributed by atoms with Crippen LogP contribution in [0, 0.1) is 0 Å². The number of nitrogens with zero attached hydrogens (tertiary/aromatic N) is 1. The van der Waals surface area contributed by atoms with E-state index < -0.39 is 5.97 Å². The number of phenolic OH excluding ortho intramolecular Hbond substituents is 1. The number of carboxylic acids is 1. The number of aromatic hydroxyl groups is 1. The molecule has 1 aromatic heterocycles. The Morgan fingerprint density at radius 3 is 2.75 bits per heavy atom. The van der Waals surface area contributed by atoms with E-state index in [9.17, 15) is 9.90 Å². The smallest absolute Gasteiger partial charge is 0.353 e. The highest BCUT2D eigenvalue weighted by molar-refractivity contribution is 5.87. The fourth-order valence-corrected chi connectivity index (χ4v) is 2.84. The van der Waals surface area contributed by atoms with Gasteiger partial charge < -0.3 is 10.2 Å². The van der Waals surface area contributed by atoms with Crippen molar-refractivity contribution in [2.45, 2.75) is 32.1 Å². The van der Waals surface area contributed by atoms with E-state index in [0.717, 1.165) is 31.2 Å². The van der Waals surface area contributed by atoms with E-state index in [0.29, 0.717) is 11.3 Å². The number of carboxylic acid groups (broad SMARTS) is 1. The number of hydrogen-bond donors (Lipinski definition) is 3. The van der Waals surface area contributed by atoms with Crippen molar-refractivity contribution in [1.29, 1.82) is 0 Å². The molecule has 0 bridgehead atoms. The van der Waals surface area contributed by atoms with Crippen molar-refractivity contribution in [2.24, 2.45) is 0 Å². The second kappa shape index (κ2) is 5.00. The van der Waals surface area contributed by atoms with Gasteiger partial charge in [0.2, 0.25) is 0 Å². The summed E-state index contributed by atoms with van der Waals surface area (Å²) in [4.78, 5) is 10.9. The van der Waals surface area contributed by atoms with Gasteiger partial charge in [-0.15, -0.1) is 0 Å². The van der Waals surface area contributed by atoms with Gasteiger partial charge in [0.1, 0.15) is 11.4 Å². The van der Waals surface area contributed by atoms with Crippen LogP contribution >= 0.6 is 0 Å². The highest BCUT2D eigenvalue weighted by atomic mass is 16.4. The second-order valence-corrected chi connectivity index (χ2v) is 5.13. The van der Waals surface area contributed by atoms with Crippen molar-refractivity contribution in [1.82, 2.24) is 10.2 Å². The Hall–Kier alpha value is -2.30. The average molecular weight is 272 g/mol. The molecule has 0 aliphatic heterocycles. The van der Waals surface area contributed by atoms with Crippen LogP contribution in [0.1, 0.15) is 40.9 Å². The van der Waals surface area contributed by atoms with Crippen molar-refractivity contribution < 1.29 is 15.0 Å². The molecule has 0 spiro atoms. The molecule has 1 aliphatic rings. The second-order valence-electron chi connectivity index (χ2n) is 5.13. The fourth-order valence-electron chi connectivity index (χ4n) is 2.84. The van der Waals surface area contributed by atoms with Gasteiger partial charge in [-0.05, 0) is 48.9 Å². The van der Waals surface area contributed by atoms with Crippen molar-refractivity contribution in [3.63, 3.8) is 0 Å². The number of benzene rings is 1. The molecule has 3 rings (SSSR count). The van der Waals surface area contributed by atoms with Crippen LogP contribution in [-0.4, -0.2) is 26.4 Å². The monoisotopic (exact) mass is 272 g/mol. The summed E-state index contributed by atoms with van der Waals surface area (Å²) in [5, 5.41) is 25.7. The Kier molecular flexibility index (Phi) is 3.18. The predicted molar refractivity (Wildman–Crippen MR) is 73.9 cm³/mol. The maximum absolute atomic E-state index is 10.9. The third kappa shape index (κ3) is 2.15. The van der Waals surface area contributed by atoms with Gasteiger partial charge in [-0.1, -0.05) is 12.5 Å². The molecule has 1 heterocycles. The molecule has 0 atom stereocenters. The molecule has 0 saturated heterocycles. The summed E-state index contributed by atoms with van der Waals surface area (Å²) >= 11 is 0. The Labute approximate surface area is 116 Å². The highest BCUT2D eigenvalue weighted by Gasteiger charge is 2.19. The summed E-state index contributed by atoms with van der Waals surface area (Å²) in [6.45, 7) is 0. The van der Waals surface area contributed by atoms with Crippen LogP contribution in [0.15, 0.2) is 18.2 Å². The zero-order chi connectivity index (χ0) is 14.1. The summed E-state index contributed by atoms with van der Waals surface area (Å²) in [5.74, 6) is -0.889. The summed E-state index contributed by atoms with van der Waals surface area (Å²) in [6.07, 6.45) is 5.31. The Balaban J connectivity index is 2.14. The standard InChI is InChI=1S/C15H16N2O3/c18-13-7-6-9-4-2-1-3-5-10(9)14(13)11-8-12(15(19)20)17-16-11/h6-8,18H,1-5H2,(H,16,17)(H,19,20). The first-order chi connectivity index (χ1) is 9.66. The third-order valence-electron chi connectivity index (χ3n) is 3.83. The Morgan fingerprint density at radius 1 is 1.20 bits per heavy atom. The number of aromatic amines is 1. The molecule has 2 aromatic rings. The molecule has 5 heteroatoms. The van der Waals surface area contributed by atoms with Gasteiger partial charge in [0.25, 0.3) is 0 Å². The topological polar surface area (TPSA) is 86.2 Å². The van der Waals surface area contributed by atoms with E-state index in [1.807, 2.05) is 6.07 Å². The number of carbonyl (C=O) groups is 1. The number of rotatable bonds is 2. The molecule has 1 aliphatic carbocycles. The van der Waals surface area contributed by atoms with E-state index in [2.05, 4.69) is 10.2 Å². The third-order valence-corrected chi connectivity index (χ3v) is 3.83. The van der Waals surface area contributed by atoms with Gasteiger partial charge in [0, 0.05) is 5.56 Å². The maximum Gasteiger partial charge on any atom is 0.353 e. The molecule has 0 saturated carbocycles. The Bertz CT molecular complexity index is 661. The molecular weight excluding hydrogens is 256 g/mol. The molecule has 0 radical (unpaired) electrons. The molecule has 1 aromatic carbocycles. The normalized spacial score (nSPS) is 14.6. The highest BCUT2D eigenvalue weighted by Crippen LogP contribution is 2.36. The van der Waals surface area contributed by atoms with Crippen LogP contribution in [0.5, 0.6) is 5.75 Å². The van der Waals surface area contributed by atoms with Crippen LogP contribution in [-0.2, 0) is 12.8 Å². The van der Waals surface area contributed by atoms with E-state index >= 15 is 0 Å². The number of aryl methyl sites for hydroxylation is 1. The van der Waals surface area contributed by atoms with Crippen molar-refractivity contribution >= 4 is 5.97 Å². The quantitative estimate of drug-likeness (QED) is 0.734. The fraction of sp³-hybridized carbons (Fsp3) is 0.333. The lowest BCUT2D eigenvalue weighted by Crippen LogP contribution is -1.96. The lowest BCUT2D eigenvalue weighted by molar-refractivity contribution is 0.0690. The Morgan fingerprint density at radius 2 is 2.00 bits per heavy atom. The van der Waals surface area contributed by atoms with Crippen LogP contribution in [0.2, 0.25) is 0 Å². The minimum absolute atomic E-state index is 0.0330. The summed E-state index contributed by atoms with van der Waals surface area (Å²) in [5.41, 5.74) is 3.54. The zero-order valence-electron chi connectivity index (χ0n) is 11.0. The summed E-state index contributed by atoms with van der Waals surface area (Å²) < 4.78 is 0. The first-order valence-electron chi connectivity index (χ1n) is 6.79. The van der Waals surface area contributed by atoms with Gasteiger partial charge in [0.15, 0.2) is 0 Å². The van der Waals surface area contributed by atoms with Crippen molar-refractivity contribution in [3.8, 4) is 17.0 Å². The number of H-pyrrole nitrogens is 1. The van der Waals surface area contributed by atoms with Crippen molar-refractivity contribution in [2.75, 3.05) is 0 Å². The SMILES string of the molecule is O=C(O)c1cc(-c2c(O)ccc3c2CCCCC3)n[nH]1. The molecule has 0 amide bonds. The van der Waals surface area contributed by atoms with Crippen LogP contribution < -0.4 is 0 Å². The molecule has 3 N–H and O–H groups in total. The molecule has 20 heavy (non-hydrogen) atoms. The molecule has 104 valence electrons. The van der Waals surface area contributed by atoms with Crippen molar-refractivity contribution in [3.05, 3.63) is 35.0 Å². The minimum atomic E-state index is -1.05. The number of hydrogen-bond acceptors (Lipinski definition) is 3. The van der Waals surface area contributed by atoms with Gasteiger partial charge in [-0.25, -0.2) is 4.79 Å². The van der Waals surface area contributed by atoms with Crippen LogP contribution in [0.4, 0.5) is 0 Å². The average Bonchev–Trinajstić information content (AvgIpc) is 2.78. The molecule has 0 unspecified atom stereocenters. The van der Waals surface area contributed by atoms with Crippen LogP contribution in [0.25, 0.3) is 11.3 Å². The molecule has 0 fully saturated rings. The van der Waals surface area contributed by atoms with Gasteiger partial charge in [-0.2, -0.15) is 5.10 Å². The van der Waals surface area contributed by atoms with Gasteiger partial charge >= 0.3 is 5.97 Å². The molecule has 5 nitrogen and oxygen atoms in total. The summed E-state index contributed by atoms with van der Waals surface area (Å²) in [7, 11) is 0. The van der Waals surface area contributed by atoms with Gasteiger partial charge in [0.05, 0.1) is 5.69 Å². The number of aromatic carboxylic acids is 1. The minimum Gasteiger partial charge on any atom is -0.507 e. The lowest BCUT2D eigenvalue weighted by Gasteiger charge is -2.12. The number of nitrogens with one attached hydrogen (secondary N) is 1. The predicted octanol–water partition coefficient (Wildman–Crippen LogP) is 2.75. The van der Waals surface area contributed by atoms with Gasteiger partial charge in [-0.3, -0.25) is 5.10 Å². The van der Waals surface area contributed by atoms with Crippen LogP contribution in [0.3, 0.4) is 0 Å². The zero-order valence-corrected chi connectivity index (χ0v) is 11.0.